The molecule has 0 aliphatic rings. The number of nitrogens with zero attached hydrogens (tertiary/aromatic N) is 1. The number of hydrogen-bond donors (Lipinski definition) is 1. The molecule has 21 heavy (non-hydrogen) atoms. The van der Waals surface area contributed by atoms with Crippen molar-refractivity contribution in [2.75, 3.05) is 5.73 Å². The number of aryl methyl sites for hydroxylation is 2. The van der Waals surface area contributed by atoms with Crippen molar-refractivity contribution in [3.8, 4) is 11.3 Å². The third-order valence-corrected chi connectivity index (χ3v) is 3.94. The van der Waals surface area contributed by atoms with Gasteiger partial charge in [0.15, 0.2) is 4.88 Å². The number of anilines is 1. The molecule has 0 bridgehead atoms. The van der Waals surface area contributed by atoms with E-state index >= 15 is 0 Å². The second-order valence-electron chi connectivity index (χ2n) is 6.07. The van der Waals surface area contributed by atoms with Crippen LogP contribution in [0.15, 0.2) is 18.2 Å². The minimum absolute atomic E-state index is 0.359. The molecule has 1 aromatic heterocycles. The summed E-state index contributed by atoms with van der Waals surface area (Å²) < 4.78 is 9.67. The van der Waals surface area contributed by atoms with Gasteiger partial charge < -0.3 is 10.5 Å². The summed E-state index contributed by atoms with van der Waals surface area (Å²) in [5, 5.41) is 0. The van der Waals surface area contributed by atoms with Gasteiger partial charge in [-0.25, -0.2) is 4.79 Å². The summed E-state index contributed by atoms with van der Waals surface area (Å²) in [4.78, 5) is 12.5. The molecule has 0 aliphatic carbocycles. The first-order valence-electron chi connectivity index (χ1n) is 6.75. The topological polar surface area (TPSA) is 65.2 Å². The molecule has 0 amide bonds. The summed E-state index contributed by atoms with van der Waals surface area (Å²) in [6.07, 6.45) is 0. The Morgan fingerprint density at radius 2 is 1.90 bits per heavy atom. The molecule has 1 aromatic carbocycles. The van der Waals surface area contributed by atoms with E-state index in [1.165, 1.54) is 11.1 Å². The number of carbonyl (C=O) groups is 1. The van der Waals surface area contributed by atoms with E-state index in [1.807, 2.05) is 45.9 Å². The Morgan fingerprint density at radius 3 is 2.48 bits per heavy atom. The first-order chi connectivity index (χ1) is 9.69. The van der Waals surface area contributed by atoms with Crippen molar-refractivity contribution in [1.29, 1.82) is 0 Å². The zero-order chi connectivity index (χ0) is 15.8. The smallest absolute Gasteiger partial charge is 0.352 e. The van der Waals surface area contributed by atoms with Gasteiger partial charge in [0.1, 0.15) is 11.3 Å². The standard InChI is InChI=1S/C16H20N2O2S/c1-9-6-7-11(8-10(9)2)13-12(17)14(21-18-13)15(19)20-16(3,4)5/h6-8H,17H2,1-5H3. The summed E-state index contributed by atoms with van der Waals surface area (Å²) >= 11 is 1.08. The Morgan fingerprint density at radius 1 is 1.24 bits per heavy atom. The molecule has 112 valence electrons. The molecule has 0 spiro atoms. The Hall–Kier alpha value is -1.88. The number of nitrogen functional groups attached to an aromatic ring is 1. The molecule has 2 rings (SSSR count). The molecule has 0 aliphatic heterocycles. The van der Waals surface area contributed by atoms with E-state index in [9.17, 15) is 4.79 Å². The highest BCUT2D eigenvalue weighted by atomic mass is 32.1. The maximum absolute atomic E-state index is 12.1. The van der Waals surface area contributed by atoms with E-state index in [0.717, 1.165) is 17.1 Å². The Labute approximate surface area is 129 Å². The van der Waals surface area contributed by atoms with Crippen LogP contribution in [0.3, 0.4) is 0 Å². The van der Waals surface area contributed by atoms with Gasteiger partial charge in [0.05, 0.1) is 5.69 Å². The average Bonchev–Trinajstić information content (AvgIpc) is 2.73. The number of ether oxygens (including phenoxy) is 1. The van der Waals surface area contributed by atoms with Crippen LogP contribution >= 0.6 is 11.5 Å². The SMILES string of the molecule is Cc1ccc(-c2nsc(C(=O)OC(C)(C)C)c2N)cc1C. The molecule has 0 fully saturated rings. The van der Waals surface area contributed by atoms with Crippen molar-refractivity contribution < 1.29 is 9.53 Å². The van der Waals surface area contributed by atoms with Crippen LogP contribution in [0.4, 0.5) is 5.69 Å². The van der Waals surface area contributed by atoms with Crippen LogP contribution in [0, 0.1) is 13.8 Å². The third kappa shape index (κ3) is 3.42. The molecule has 0 radical (unpaired) electrons. The fourth-order valence-corrected chi connectivity index (χ4v) is 2.56. The first-order valence-corrected chi connectivity index (χ1v) is 7.52. The van der Waals surface area contributed by atoms with E-state index in [0.29, 0.717) is 16.3 Å². The van der Waals surface area contributed by atoms with Gasteiger partial charge in [-0.05, 0) is 63.3 Å². The van der Waals surface area contributed by atoms with Gasteiger partial charge in [0.2, 0.25) is 0 Å². The zero-order valence-electron chi connectivity index (χ0n) is 13.0. The van der Waals surface area contributed by atoms with Gasteiger partial charge >= 0.3 is 5.97 Å². The second-order valence-corrected chi connectivity index (χ2v) is 6.85. The average molecular weight is 304 g/mol. The van der Waals surface area contributed by atoms with E-state index in [4.69, 9.17) is 10.5 Å². The van der Waals surface area contributed by atoms with Crippen molar-refractivity contribution in [2.24, 2.45) is 0 Å². The van der Waals surface area contributed by atoms with E-state index < -0.39 is 11.6 Å². The predicted molar refractivity (Wildman–Crippen MR) is 86.6 cm³/mol. The molecule has 2 N–H and O–H groups in total. The molecule has 0 atom stereocenters. The molecule has 0 saturated heterocycles. The summed E-state index contributed by atoms with van der Waals surface area (Å²) in [6.45, 7) is 9.57. The Bertz CT molecular complexity index is 684. The van der Waals surface area contributed by atoms with E-state index in [1.54, 1.807) is 0 Å². The maximum atomic E-state index is 12.1. The van der Waals surface area contributed by atoms with Crippen LogP contribution in [-0.4, -0.2) is 15.9 Å². The number of esters is 1. The van der Waals surface area contributed by atoms with Crippen molar-refractivity contribution in [3.05, 3.63) is 34.2 Å². The van der Waals surface area contributed by atoms with Crippen LogP contribution < -0.4 is 5.73 Å². The Balaban J connectivity index is 2.36. The normalized spacial score (nSPS) is 11.5. The van der Waals surface area contributed by atoms with Crippen LogP contribution in [-0.2, 0) is 4.74 Å². The summed E-state index contributed by atoms with van der Waals surface area (Å²) in [5.74, 6) is -0.424. The molecule has 0 unspecified atom stereocenters. The molecule has 0 saturated carbocycles. The van der Waals surface area contributed by atoms with E-state index in [2.05, 4.69) is 11.3 Å². The van der Waals surface area contributed by atoms with Crippen molar-refractivity contribution in [2.45, 2.75) is 40.2 Å². The van der Waals surface area contributed by atoms with Crippen molar-refractivity contribution >= 4 is 23.2 Å². The number of carbonyl (C=O) groups excluding carboxylic acids is 1. The predicted octanol–water partition coefficient (Wildman–Crippen LogP) is 3.96. The van der Waals surface area contributed by atoms with Crippen LogP contribution in [0.2, 0.25) is 0 Å². The lowest BCUT2D eigenvalue weighted by Crippen LogP contribution is -2.23. The van der Waals surface area contributed by atoms with Gasteiger partial charge in [-0.1, -0.05) is 12.1 Å². The molecular formula is C16H20N2O2S. The number of nitrogens with two attached hydrogens (primary N) is 1. The van der Waals surface area contributed by atoms with Crippen LogP contribution in [0.5, 0.6) is 0 Å². The van der Waals surface area contributed by atoms with Gasteiger partial charge in [0.25, 0.3) is 0 Å². The maximum Gasteiger partial charge on any atom is 0.352 e. The fourth-order valence-electron chi connectivity index (χ4n) is 1.87. The van der Waals surface area contributed by atoms with Gasteiger partial charge in [-0.15, -0.1) is 0 Å². The van der Waals surface area contributed by atoms with Gasteiger partial charge in [0, 0.05) is 5.56 Å². The lowest BCUT2D eigenvalue weighted by molar-refractivity contribution is 0.00764. The summed E-state index contributed by atoms with van der Waals surface area (Å²) in [7, 11) is 0. The summed E-state index contributed by atoms with van der Waals surface area (Å²) in [5.41, 5.74) is 9.86. The van der Waals surface area contributed by atoms with Crippen LogP contribution in [0.1, 0.15) is 41.6 Å². The summed E-state index contributed by atoms with van der Waals surface area (Å²) in [6, 6.07) is 6.02. The Kier molecular flexibility index (Phi) is 4.05. The van der Waals surface area contributed by atoms with Crippen molar-refractivity contribution in [1.82, 2.24) is 4.37 Å². The number of rotatable bonds is 2. The third-order valence-electron chi connectivity index (χ3n) is 3.09. The molecule has 4 nitrogen and oxygen atoms in total. The monoisotopic (exact) mass is 304 g/mol. The lowest BCUT2D eigenvalue weighted by Gasteiger charge is -2.18. The highest BCUT2D eigenvalue weighted by Gasteiger charge is 2.24. The number of benzene rings is 1. The highest BCUT2D eigenvalue weighted by Crippen LogP contribution is 2.32. The van der Waals surface area contributed by atoms with Gasteiger partial charge in [-0.3, -0.25) is 0 Å². The highest BCUT2D eigenvalue weighted by molar-refractivity contribution is 7.09. The zero-order valence-corrected chi connectivity index (χ0v) is 13.8. The van der Waals surface area contributed by atoms with Gasteiger partial charge in [-0.2, -0.15) is 4.37 Å². The van der Waals surface area contributed by atoms with E-state index in [-0.39, 0.29) is 0 Å². The second kappa shape index (κ2) is 5.48. The molecule has 5 heteroatoms. The quantitative estimate of drug-likeness (QED) is 0.853. The molecular weight excluding hydrogens is 284 g/mol. The van der Waals surface area contributed by atoms with Crippen LogP contribution in [0.25, 0.3) is 11.3 Å². The number of hydrogen-bond acceptors (Lipinski definition) is 5. The minimum Gasteiger partial charge on any atom is -0.456 e. The molecule has 2 aromatic rings. The number of aromatic nitrogens is 1. The molecule has 1 heterocycles. The largest absolute Gasteiger partial charge is 0.456 e. The fraction of sp³-hybridized carbons (Fsp3) is 0.375. The van der Waals surface area contributed by atoms with Crippen molar-refractivity contribution in [3.63, 3.8) is 0 Å². The lowest BCUT2D eigenvalue weighted by atomic mass is 10.0. The minimum atomic E-state index is -0.547. The first kappa shape index (κ1) is 15.5.